The first-order chi connectivity index (χ1) is 21.0. The zero-order valence-corrected chi connectivity index (χ0v) is 24.0. The second kappa shape index (κ2) is 11.2. The smallest absolute Gasteiger partial charge is 0.256 e. The number of aryl methyl sites for hydroxylation is 1. The van der Waals surface area contributed by atoms with Gasteiger partial charge in [-0.2, -0.15) is 0 Å². The minimum Gasteiger partial charge on any atom is -0.450 e. The van der Waals surface area contributed by atoms with Crippen LogP contribution in [0.1, 0.15) is 36.0 Å². The maximum atomic E-state index is 15.9. The van der Waals surface area contributed by atoms with Gasteiger partial charge in [0.05, 0.1) is 17.4 Å². The van der Waals surface area contributed by atoms with E-state index in [0.717, 1.165) is 36.6 Å². The van der Waals surface area contributed by atoms with E-state index in [4.69, 9.17) is 4.74 Å². The van der Waals surface area contributed by atoms with Crippen molar-refractivity contribution in [2.75, 3.05) is 32.0 Å². The number of fused-ring (bicyclic) bond motifs is 4. The van der Waals surface area contributed by atoms with Gasteiger partial charge in [-0.05, 0) is 56.8 Å². The molecule has 10 heteroatoms. The number of hydrogen-bond acceptors (Lipinski definition) is 6. The lowest BCUT2D eigenvalue weighted by molar-refractivity contribution is 0.0951. The summed E-state index contributed by atoms with van der Waals surface area (Å²) < 4.78 is 26.1. The Morgan fingerprint density at radius 2 is 2.02 bits per heavy atom. The predicted molar refractivity (Wildman–Crippen MR) is 165 cm³/mol. The van der Waals surface area contributed by atoms with Gasteiger partial charge in [-0.1, -0.05) is 30.3 Å². The molecule has 1 saturated heterocycles. The average Bonchev–Trinajstić information content (AvgIpc) is 3.69. The van der Waals surface area contributed by atoms with Gasteiger partial charge in [0.1, 0.15) is 16.8 Å². The van der Waals surface area contributed by atoms with Crippen LogP contribution in [0.3, 0.4) is 0 Å². The lowest BCUT2D eigenvalue weighted by Gasteiger charge is -2.27. The molecule has 1 amide bonds. The molecule has 0 spiro atoms. The van der Waals surface area contributed by atoms with Crippen molar-refractivity contribution in [2.24, 2.45) is 0 Å². The molecule has 2 aliphatic rings. The number of nitrogens with one attached hydrogen (secondary N) is 2. The number of carbonyl (C=O) groups is 1. The predicted octanol–water partition coefficient (Wildman–Crippen LogP) is 5.30. The van der Waals surface area contributed by atoms with Crippen LogP contribution in [-0.4, -0.2) is 57.6 Å². The van der Waals surface area contributed by atoms with E-state index in [1.165, 1.54) is 6.07 Å². The Morgan fingerprint density at radius 3 is 2.84 bits per heavy atom. The first kappa shape index (κ1) is 27.2. The second-order valence-electron chi connectivity index (χ2n) is 11.3. The summed E-state index contributed by atoms with van der Waals surface area (Å²) in [6.45, 7) is 2.68. The molecule has 43 heavy (non-hydrogen) atoms. The Balaban J connectivity index is 1.29. The number of amides is 1. The van der Waals surface area contributed by atoms with Crippen molar-refractivity contribution in [2.45, 2.75) is 38.3 Å². The van der Waals surface area contributed by atoms with E-state index in [9.17, 15) is 9.59 Å². The molecule has 0 radical (unpaired) electrons. The highest BCUT2D eigenvalue weighted by Gasteiger charge is 2.30. The quantitative estimate of drug-likeness (QED) is 0.226. The van der Waals surface area contributed by atoms with Gasteiger partial charge in [0.15, 0.2) is 17.3 Å². The van der Waals surface area contributed by atoms with Gasteiger partial charge in [0.25, 0.3) is 5.91 Å². The first-order valence-corrected chi connectivity index (χ1v) is 14.8. The molecular formula is C33H33FN6O3. The lowest BCUT2D eigenvalue weighted by Crippen LogP contribution is -2.31. The van der Waals surface area contributed by atoms with Gasteiger partial charge in [-0.25, -0.2) is 9.37 Å². The highest BCUT2D eigenvalue weighted by molar-refractivity contribution is 6.03. The third-order valence-electron chi connectivity index (χ3n) is 8.65. The number of anilines is 1. The summed E-state index contributed by atoms with van der Waals surface area (Å²) in [5.41, 5.74) is 0.746. The summed E-state index contributed by atoms with van der Waals surface area (Å²) in [5, 5.41) is 8.06. The maximum absolute atomic E-state index is 15.9. The van der Waals surface area contributed by atoms with Crippen molar-refractivity contribution in [3.63, 3.8) is 0 Å². The van der Waals surface area contributed by atoms with Gasteiger partial charge >= 0.3 is 0 Å². The molecule has 220 valence electrons. The number of hydrogen-bond donors (Lipinski definition) is 2. The number of nitrogens with zero attached hydrogens (tertiary/aromatic N) is 4. The topological polar surface area (TPSA) is 93.4 Å². The van der Waals surface area contributed by atoms with E-state index in [1.807, 2.05) is 47.2 Å². The minimum atomic E-state index is -0.590. The van der Waals surface area contributed by atoms with Crippen molar-refractivity contribution >= 4 is 33.3 Å². The number of halogens is 1. The summed E-state index contributed by atoms with van der Waals surface area (Å²) in [6.07, 6.45) is 10.6. The molecule has 0 aliphatic carbocycles. The molecule has 0 bridgehead atoms. The monoisotopic (exact) mass is 580 g/mol. The van der Waals surface area contributed by atoms with Crippen LogP contribution in [0.25, 0.3) is 27.4 Å². The zero-order chi connectivity index (χ0) is 29.5. The standard InChI is InChI=1S/C33H33FN6O3/c1-38-15-4-7-22(38)11-13-36-28-26(34)18-24-29-32(28)43-31-23-8-3-2-6-21(23)9-10-27(31)40(29)19-25(30(24)41)33(42)37-12-5-16-39-17-14-35-20-39/h2-3,6,8-10,14,17-20,22,36H,4-5,7,11-13,15-16H2,1H3,(H,37,42). The maximum Gasteiger partial charge on any atom is 0.256 e. The van der Waals surface area contributed by atoms with Crippen LogP contribution in [0, 0.1) is 5.82 Å². The van der Waals surface area contributed by atoms with Crippen LogP contribution in [0.5, 0.6) is 11.5 Å². The molecule has 5 aromatic rings. The molecule has 2 N–H and O–H groups in total. The third kappa shape index (κ3) is 4.91. The number of aromatic nitrogens is 3. The van der Waals surface area contributed by atoms with Crippen LogP contribution in [0.15, 0.2) is 72.2 Å². The molecule has 2 aliphatic heterocycles. The molecule has 9 nitrogen and oxygen atoms in total. The summed E-state index contributed by atoms with van der Waals surface area (Å²) >= 11 is 0. The number of imidazole rings is 1. The molecule has 4 heterocycles. The number of likely N-dealkylation sites (tertiary alicyclic amines) is 1. The van der Waals surface area contributed by atoms with E-state index in [-0.39, 0.29) is 22.4 Å². The fourth-order valence-electron chi connectivity index (χ4n) is 6.36. The third-order valence-corrected chi connectivity index (χ3v) is 8.65. The van der Waals surface area contributed by atoms with Gasteiger partial charge in [-0.15, -0.1) is 0 Å². The second-order valence-corrected chi connectivity index (χ2v) is 11.3. The van der Waals surface area contributed by atoms with Crippen LogP contribution >= 0.6 is 0 Å². The van der Waals surface area contributed by atoms with Crippen LogP contribution < -0.4 is 20.8 Å². The average molecular weight is 581 g/mol. The number of carbonyl (C=O) groups excluding carboxylic acids is 1. The zero-order valence-electron chi connectivity index (χ0n) is 24.0. The van der Waals surface area contributed by atoms with Gasteiger partial charge in [0, 0.05) is 49.7 Å². The van der Waals surface area contributed by atoms with Crippen LogP contribution in [0.2, 0.25) is 0 Å². The summed E-state index contributed by atoms with van der Waals surface area (Å²) in [5.74, 6) is -0.290. The highest BCUT2D eigenvalue weighted by atomic mass is 19.1. The van der Waals surface area contributed by atoms with Gasteiger partial charge in [-0.3, -0.25) is 9.59 Å². The Labute approximate surface area is 247 Å². The number of rotatable bonds is 9. The molecule has 3 aromatic carbocycles. The minimum absolute atomic E-state index is 0.0496. The Morgan fingerprint density at radius 1 is 1.14 bits per heavy atom. The molecular weight excluding hydrogens is 547 g/mol. The van der Waals surface area contributed by atoms with Crippen molar-refractivity contribution in [1.82, 2.24) is 24.3 Å². The molecule has 1 atom stereocenters. The first-order valence-electron chi connectivity index (χ1n) is 14.8. The molecule has 7 rings (SSSR count). The SMILES string of the molecule is CN1CCCC1CCNc1c(F)cc2c(=O)c(C(=O)NCCCn3ccnc3)cn3c2c1Oc1c-3ccc2ccccc12. The molecule has 0 saturated carbocycles. The van der Waals surface area contributed by atoms with Crippen molar-refractivity contribution < 1.29 is 13.9 Å². The van der Waals surface area contributed by atoms with Crippen molar-refractivity contribution in [3.8, 4) is 17.2 Å². The normalized spacial score (nSPS) is 15.9. The van der Waals surface area contributed by atoms with Crippen LogP contribution in [0.4, 0.5) is 10.1 Å². The van der Waals surface area contributed by atoms with E-state index in [2.05, 4.69) is 27.6 Å². The largest absolute Gasteiger partial charge is 0.450 e. The van der Waals surface area contributed by atoms with E-state index < -0.39 is 17.2 Å². The van der Waals surface area contributed by atoms with Crippen molar-refractivity contribution in [3.05, 3.63) is 89.0 Å². The van der Waals surface area contributed by atoms with E-state index >= 15 is 4.39 Å². The molecule has 1 unspecified atom stereocenters. The Kier molecular flexibility index (Phi) is 7.06. The van der Waals surface area contributed by atoms with E-state index in [1.54, 1.807) is 23.3 Å². The fraction of sp³-hybridized carbons (Fsp3) is 0.303. The Hall–Kier alpha value is -4.70. The molecule has 2 aromatic heterocycles. The summed E-state index contributed by atoms with van der Waals surface area (Å²) in [6, 6.07) is 13.4. The lowest BCUT2D eigenvalue weighted by atomic mass is 10.0. The highest BCUT2D eigenvalue weighted by Crippen LogP contribution is 2.47. The van der Waals surface area contributed by atoms with Crippen molar-refractivity contribution in [1.29, 1.82) is 0 Å². The number of ether oxygens (including phenoxy) is 1. The summed E-state index contributed by atoms with van der Waals surface area (Å²) in [7, 11) is 2.12. The number of benzene rings is 3. The van der Waals surface area contributed by atoms with Crippen LogP contribution in [-0.2, 0) is 6.54 Å². The van der Waals surface area contributed by atoms with E-state index in [0.29, 0.717) is 49.1 Å². The Bertz CT molecular complexity index is 1900. The number of pyridine rings is 1. The van der Waals surface area contributed by atoms with Gasteiger partial charge in [0.2, 0.25) is 5.43 Å². The summed E-state index contributed by atoms with van der Waals surface area (Å²) in [4.78, 5) is 33.4. The molecule has 1 fully saturated rings. The fourth-order valence-corrected chi connectivity index (χ4v) is 6.36. The van der Waals surface area contributed by atoms with Gasteiger partial charge < -0.3 is 29.4 Å².